The van der Waals surface area contributed by atoms with Crippen molar-refractivity contribution >= 4 is 27.4 Å². The van der Waals surface area contributed by atoms with E-state index in [9.17, 15) is 9.18 Å². The molecule has 88 valence electrons. The van der Waals surface area contributed by atoms with Gasteiger partial charge in [0.2, 0.25) is 0 Å². The predicted octanol–water partition coefficient (Wildman–Crippen LogP) is 3.23. The monoisotopic (exact) mass is 250 g/mol. The van der Waals surface area contributed by atoms with Crippen LogP contribution in [0.4, 0.5) is 4.39 Å². The van der Waals surface area contributed by atoms with Crippen molar-refractivity contribution in [1.29, 1.82) is 0 Å². The molecule has 2 nitrogen and oxygen atoms in total. The van der Waals surface area contributed by atoms with Crippen LogP contribution in [0.2, 0.25) is 0 Å². The maximum Gasteiger partial charge on any atom is 0.306 e. The first-order valence-corrected chi connectivity index (χ1v) is 6.39. The molecule has 0 bridgehead atoms. The summed E-state index contributed by atoms with van der Waals surface area (Å²) in [5.41, 5.74) is 1.22. The van der Waals surface area contributed by atoms with E-state index in [0.29, 0.717) is 12.8 Å². The molecule has 0 aliphatic heterocycles. The lowest BCUT2D eigenvalue weighted by Gasteiger charge is -2.18. The van der Waals surface area contributed by atoms with Crippen LogP contribution < -0.4 is 0 Å². The lowest BCUT2D eigenvalue weighted by molar-refractivity contribution is -0.142. The summed E-state index contributed by atoms with van der Waals surface area (Å²) in [6, 6.07) is 4.81. The van der Waals surface area contributed by atoms with Gasteiger partial charge in [0.05, 0.1) is 5.92 Å². The lowest BCUT2D eigenvalue weighted by Crippen LogP contribution is -2.20. The minimum Gasteiger partial charge on any atom is -0.481 e. The number of hydrogen-bond acceptors (Lipinski definition) is 2. The van der Waals surface area contributed by atoms with Gasteiger partial charge in [-0.1, -0.05) is 6.07 Å². The number of rotatable bonds is 1. The van der Waals surface area contributed by atoms with Crippen LogP contribution in [0, 0.1) is 11.7 Å². The highest BCUT2D eigenvalue weighted by molar-refractivity contribution is 7.19. The van der Waals surface area contributed by atoms with Crippen molar-refractivity contribution < 1.29 is 14.3 Å². The van der Waals surface area contributed by atoms with Crippen molar-refractivity contribution in [2.75, 3.05) is 0 Å². The zero-order chi connectivity index (χ0) is 12.0. The van der Waals surface area contributed by atoms with Crippen LogP contribution in [0.5, 0.6) is 0 Å². The number of carbonyl (C=O) groups is 1. The smallest absolute Gasteiger partial charge is 0.306 e. The van der Waals surface area contributed by atoms with E-state index in [4.69, 9.17) is 5.11 Å². The Kier molecular flexibility index (Phi) is 2.40. The maximum absolute atomic E-state index is 13.1. The van der Waals surface area contributed by atoms with Crippen LogP contribution in [-0.4, -0.2) is 11.1 Å². The van der Waals surface area contributed by atoms with Crippen LogP contribution >= 0.6 is 11.3 Å². The molecular formula is C13H11FO2S. The molecule has 1 aliphatic rings. The number of aryl methyl sites for hydroxylation is 1. The first kappa shape index (κ1) is 10.7. The molecule has 0 saturated heterocycles. The minimum atomic E-state index is -0.723. The van der Waals surface area contributed by atoms with E-state index >= 15 is 0 Å². The van der Waals surface area contributed by atoms with Crippen molar-refractivity contribution in [1.82, 2.24) is 0 Å². The summed E-state index contributed by atoms with van der Waals surface area (Å²) in [6.07, 6.45) is 2.06. The van der Waals surface area contributed by atoms with Crippen LogP contribution in [0.3, 0.4) is 0 Å². The number of aliphatic carboxylic acids is 1. The molecule has 3 rings (SSSR count). The third-order valence-corrected chi connectivity index (χ3v) is 4.58. The quantitative estimate of drug-likeness (QED) is 0.843. The first-order valence-electron chi connectivity index (χ1n) is 5.58. The molecule has 0 radical (unpaired) electrons. The van der Waals surface area contributed by atoms with Crippen molar-refractivity contribution in [2.45, 2.75) is 19.3 Å². The number of benzene rings is 1. The van der Waals surface area contributed by atoms with Crippen LogP contribution in [0.1, 0.15) is 16.9 Å². The van der Waals surface area contributed by atoms with Gasteiger partial charge in [0.25, 0.3) is 0 Å². The topological polar surface area (TPSA) is 37.3 Å². The Labute approximate surface area is 102 Å². The van der Waals surface area contributed by atoms with Gasteiger partial charge in [-0.15, -0.1) is 11.3 Å². The predicted molar refractivity (Wildman–Crippen MR) is 64.9 cm³/mol. The molecule has 1 N–H and O–H groups in total. The van der Waals surface area contributed by atoms with Gasteiger partial charge >= 0.3 is 5.97 Å². The molecule has 4 heteroatoms. The van der Waals surface area contributed by atoms with Gasteiger partial charge in [0, 0.05) is 9.58 Å². The molecule has 1 aromatic carbocycles. The highest BCUT2D eigenvalue weighted by Crippen LogP contribution is 2.38. The van der Waals surface area contributed by atoms with Crippen molar-refractivity contribution in [3.05, 3.63) is 34.5 Å². The second kappa shape index (κ2) is 3.81. The second-order valence-electron chi connectivity index (χ2n) is 4.42. The van der Waals surface area contributed by atoms with Crippen molar-refractivity contribution in [3.8, 4) is 0 Å². The van der Waals surface area contributed by atoms with Gasteiger partial charge in [0.15, 0.2) is 0 Å². The largest absolute Gasteiger partial charge is 0.481 e. The van der Waals surface area contributed by atoms with E-state index in [0.717, 1.165) is 21.4 Å². The number of carboxylic acid groups (broad SMARTS) is 1. The summed E-state index contributed by atoms with van der Waals surface area (Å²) in [5.74, 6) is -1.23. The molecular weight excluding hydrogens is 239 g/mol. The molecule has 0 saturated carbocycles. The van der Waals surface area contributed by atoms with Crippen LogP contribution in [0.15, 0.2) is 18.2 Å². The number of thiophene rings is 1. The molecule has 1 heterocycles. The van der Waals surface area contributed by atoms with E-state index in [1.807, 2.05) is 0 Å². The van der Waals surface area contributed by atoms with Gasteiger partial charge < -0.3 is 5.11 Å². The standard InChI is InChI=1S/C13H11FO2S/c14-8-2-4-10-9-3-1-7(13(15)16)5-11(9)17-12(10)6-8/h2,4,6-7H,1,3,5H2,(H,15,16). The molecule has 1 aliphatic carbocycles. The van der Waals surface area contributed by atoms with E-state index in [-0.39, 0.29) is 11.7 Å². The normalized spacial score (nSPS) is 19.2. The third-order valence-electron chi connectivity index (χ3n) is 3.36. The van der Waals surface area contributed by atoms with Crippen molar-refractivity contribution in [3.63, 3.8) is 0 Å². The molecule has 0 amide bonds. The van der Waals surface area contributed by atoms with E-state index in [1.165, 1.54) is 29.0 Å². The molecule has 1 atom stereocenters. The number of carboxylic acids is 1. The first-order chi connectivity index (χ1) is 8.15. The summed E-state index contributed by atoms with van der Waals surface area (Å²) in [4.78, 5) is 12.1. The van der Waals surface area contributed by atoms with Crippen LogP contribution in [0.25, 0.3) is 10.1 Å². The summed E-state index contributed by atoms with van der Waals surface area (Å²) in [5, 5.41) is 10.1. The summed E-state index contributed by atoms with van der Waals surface area (Å²) < 4.78 is 14.1. The Bertz CT molecular complexity index is 603. The molecule has 0 fully saturated rings. The highest BCUT2D eigenvalue weighted by Gasteiger charge is 2.27. The Morgan fingerprint density at radius 1 is 1.47 bits per heavy atom. The second-order valence-corrected chi connectivity index (χ2v) is 5.56. The lowest BCUT2D eigenvalue weighted by atomic mass is 9.88. The van der Waals surface area contributed by atoms with Gasteiger partial charge in [-0.25, -0.2) is 4.39 Å². The minimum absolute atomic E-state index is 0.231. The zero-order valence-electron chi connectivity index (χ0n) is 9.07. The fraction of sp³-hybridized carbons (Fsp3) is 0.308. The fourth-order valence-electron chi connectivity index (χ4n) is 2.47. The van der Waals surface area contributed by atoms with Gasteiger partial charge in [-0.2, -0.15) is 0 Å². The van der Waals surface area contributed by atoms with Crippen molar-refractivity contribution in [2.24, 2.45) is 5.92 Å². The Morgan fingerprint density at radius 3 is 3.06 bits per heavy atom. The average molecular weight is 250 g/mol. The fourth-order valence-corrected chi connectivity index (χ4v) is 3.83. The Balaban J connectivity index is 2.09. The SMILES string of the molecule is O=C(O)C1CCc2c(sc3cc(F)ccc23)C1. The molecule has 17 heavy (non-hydrogen) atoms. The average Bonchev–Trinajstić information content (AvgIpc) is 2.64. The number of hydrogen-bond donors (Lipinski definition) is 1. The third kappa shape index (κ3) is 1.72. The van der Waals surface area contributed by atoms with E-state index < -0.39 is 5.97 Å². The maximum atomic E-state index is 13.1. The van der Waals surface area contributed by atoms with Gasteiger partial charge in [-0.3, -0.25) is 4.79 Å². The highest BCUT2D eigenvalue weighted by atomic mass is 32.1. The number of halogens is 1. The summed E-state index contributed by atoms with van der Waals surface area (Å²) >= 11 is 1.53. The molecule has 1 aromatic heterocycles. The molecule has 1 unspecified atom stereocenters. The number of fused-ring (bicyclic) bond motifs is 3. The van der Waals surface area contributed by atoms with E-state index in [2.05, 4.69) is 0 Å². The zero-order valence-corrected chi connectivity index (χ0v) is 9.89. The molecule has 2 aromatic rings. The van der Waals surface area contributed by atoms with Crippen LogP contribution in [-0.2, 0) is 17.6 Å². The van der Waals surface area contributed by atoms with Gasteiger partial charge in [0.1, 0.15) is 5.82 Å². The molecule has 0 spiro atoms. The van der Waals surface area contributed by atoms with E-state index in [1.54, 1.807) is 6.07 Å². The van der Waals surface area contributed by atoms with Gasteiger partial charge in [-0.05, 0) is 42.3 Å². The summed E-state index contributed by atoms with van der Waals surface area (Å²) in [7, 11) is 0. The Hall–Kier alpha value is -1.42. The Morgan fingerprint density at radius 2 is 2.29 bits per heavy atom. The summed E-state index contributed by atoms with van der Waals surface area (Å²) in [6.45, 7) is 0.